The van der Waals surface area contributed by atoms with Gasteiger partial charge in [0, 0.05) is 24.2 Å². The largest absolute Gasteiger partial charge is 0.495 e. The summed E-state index contributed by atoms with van der Waals surface area (Å²) in [7, 11) is 1.64. The molecule has 0 spiro atoms. The van der Waals surface area contributed by atoms with Crippen LogP contribution < -0.4 is 20.7 Å². The highest BCUT2D eigenvalue weighted by Crippen LogP contribution is 2.33. The van der Waals surface area contributed by atoms with Crippen LogP contribution in [0.5, 0.6) is 5.75 Å². The first-order chi connectivity index (χ1) is 12.1. The number of nitrogens with one attached hydrogen (secondary N) is 1. The molecule has 27 heavy (non-hydrogen) atoms. The number of nitrogens with zero attached hydrogens (tertiary/aromatic N) is 1. The summed E-state index contributed by atoms with van der Waals surface area (Å²) in [6.45, 7) is 1.52. The Hall–Kier alpha value is -1.66. The summed E-state index contributed by atoms with van der Waals surface area (Å²) in [5.41, 5.74) is 7.82. The van der Waals surface area contributed by atoms with Crippen molar-refractivity contribution in [3.8, 4) is 5.75 Å². The van der Waals surface area contributed by atoms with Gasteiger partial charge < -0.3 is 20.7 Å². The molecule has 2 unspecified atom stereocenters. The molecule has 2 aromatic carbocycles. The Kier molecular flexibility index (Phi) is 9.19. The number of nitrogens with two attached hydrogens (primary N) is 1. The third kappa shape index (κ3) is 5.66. The van der Waals surface area contributed by atoms with Crippen molar-refractivity contribution in [2.24, 2.45) is 5.73 Å². The molecular formula is C19H24Cl3N3O2. The van der Waals surface area contributed by atoms with Crippen LogP contribution in [-0.2, 0) is 4.79 Å². The monoisotopic (exact) mass is 431 g/mol. The third-order valence-corrected chi connectivity index (χ3v) is 4.69. The molecule has 0 bridgehead atoms. The van der Waals surface area contributed by atoms with Crippen molar-refractivity contribution in [1.82, 2.24) is 5.32 Å². The average molecular weight is 433 g/mol. The number of ether oxygens (including phenoxy) is 1. The molecule has 5 nitrogen and oxygen atoms in total. The summed E-state index contributed by atoms with van der Waals surface area (Å²) >= 11 is 6.11. The Bertz CT molecular complexity index is 746. The predicted molar refractivity (Wildman–Crippen MR) is 115 cm³/mol. The fourth-order valence-electron chi connectivity index (χ4n) is 3.11. The van der Waals surface area contributed by atoms with Gasteiger partial charge in [0.1, 0.15) is 11.8 Å². The van der Waals surface area contributed by atoms with Gasteiger partial charge in [-0.25, -0.2) is 0 Å². The highest BCUT2D eigenvalue weighted by Gasteiger charge is 2.27. The molecule has 1 aliphatic rings. The van der Waals surface area contributed by atoms with E-state index >= 15 is 0 Å². The van der Waals surface area contributed by atoms with E-state index in [1.807, 2.05) is 42.5 Å². The van der Waals surface area contributed by atoms with Gasteiger partial charge in [0.15, 0.2) is 0 Å². The molecule has 8 heteroatoms. The first kappa shape index (κ1) is 23.4. The average Bonchev–Trinajstić information content (AvgIpc) is 3.10. The van der Waals surface area contributed by atoms with Gasteiger partial charge in [0.25, 0.3) is 0 Å². The number of benzene rings is 2. The molecule has 1 amide bonds. The van der Waals surface area contributed by atoms with Crippen molar-refractivity contribution < 1.29 is 9.53 Å². The minimum Gasteiger partial charge on any atom is -0.495 e. The van der Waals surface area contributed by atoms with Crippen molar-refractivity contribution in [1.29, 1.82) is 0 Å². The van der Waals surface area contributed by atoms with E-state index < -0.39 is 6.04 Å². The van der Waals surface area contributed by atoms with Gasteiger partial charge in [-0.3, -0.25) is 4.79 Å². The quantitative estimate of drug-likeness (QED) is 0.758. The normalized spacial score (nSPS) is 16.7. The van der Waals surface area contributed by atoms with Crippen LogP contribution in [0, 0.1) is 0 Å². The third-order valence-electron chi connectivity index (χ3n) is 4.46. The number of amides is 1. The topological polar surface area (TPSA) is 67.6 Å². The number of carbonyl (C=O) groups is 1. The SMILES string of the molecule is COc1ccc(Cl)cc1N1CCC(NC(=O)C(N)c2ccccc2)C1.Cl.Cl. The molecular weight excluding hydrogens is 409 g/mol. The molecule has 0 saturated carbocycles. The number of anilines is 1. The Balaban J connectivity index is 0.00000182. The summed E-state index contributed by atoms with van der Waals surface area (Å²) in [6, 6.07) is 14.3. The van der Waals surface area contributed by atoms with Crippen LogP contribution in [0.4, 0.5) is 5.69 Å². The van der Waals surface area contributed by atoms with E-state index in [-0.39, 0.29) is 36.8 Å². The Morgan fingerprint density at radius 1 is 1.26 bits per heavy atom. The molecule has 3 rings (SSSR count). The van der Waals surface area contributed by atoms with Crippen molar-refractivity contribution in [3.05, 3.63) is 59.1 Å². The number of carbonyl (C=O) groups excluding carboxylic acids is 1. The first-order valence-corrected chi connectivity index (χ1v) is 8.65. The molecule has 1 aliphatic heterocycles. The van der Waals surface area contributed by atoms with E-state index in [9.17, 15) is 4.79 Å². The maximum Gasteiger partial charge on any atom is 0.241 e. The standard InChI is InChI=1S/C19H22ClN3O2.2ClH/c1-25-17-8-7-14(20)11-16(17)23-10-9-15(12-23)22-19(24)18(21)13-5-3-2-4-6-13;;/h2-8,11,15,18H,9-10,12,21H2,1H3,(H,22,24);2*1H. The molecule has 1 fully saturated rings. The van der Waals surface area contributed by atoms with Gasteiger partial charge in [-0.2, -0.15) is 0 Å². The Morgan fingerprint density at radius 2 is 1.96 bits per heavy atom. The number of hydrogen-bond donors (Lipinski definition) is 2. The van der Waals surface area contributed by atoms with Gasteiger partial charge >= 0.3 is 0 Å². The van der Waals surface area contributed by atoms with Crippen LogP contribution in [0.15, 0.2) is 48.5 Å². The van der Waals surface area contributed by atoms with Crippen molar-refractivity contribution in [2.75, 3.05) is 25.1 Å². The molecule has 148 valence electrons. The van der Waals surface area contributed by atoms with E-state index in [2.05, 4.69) is 10.2 Å². The van der Waals surface area contributed by atoms with E-state index in [1.165, 1.54) is 0 Å². The summed E-state index contributed by atoms with van der Waals surface area (Å²) in [5, 5.41) is 3.71. The number of hydrogen-bond acceptors (Lipinski definition) is 4. The lowest BCUT2D eigenvalue weighted by atomic mass is 10.1. The number of halogens is 3. The van der Waals surface area contributed by atoms with Crippen LogP contribution in [0.25, 0.3) is 0 Å². The van der Waals surface area contributed by atoms with Gasteiger partial charge in [-0.05, 0) is 30.2 Å². The maximum absolute atomic E-state index is 12.4. The second kappa shape index (κ2) is 10.6. The van der Waals surface area contributed by atoms with Crippen LogP contribution >= 0.6 is 36.4 Å². The van der Waals surface area contributed by atoms with Crippen molar-refractivity contribution >= 4 is 48.0 Å². The predicted octanol–water partition coefficient (Wildman–Crippen LogP) is 3.59. The van der Waals surface area contributed by atoms with Crippen LogP contribution in [0.3, 0.4) is 0 Å². The van der Waals surface area contributed by atoms with Crippen LogP contribution in [-0.4, -0.2) is 32.1 Å². The number of methoxy groups -OCH3 is 1. The maximum atomic E-state index is 12.4. The summed E-state index contributed by atoms with van der Waals surface area (Å²) in [5.74, 6) is 0.619. The summed E-state index contributed by atoms with van der Waals surface area (Å²) < 4.78 is 5.42. The highest BCUT2D eigenvalue weighted by molar-refractivity contribution is 6.30. The second-order valence-corrected chi connectivity index (χ2v) is 6.58. The van der Waals surface area contributed by atoms with Gasteiger partial charge in [0.05, 0.1) is 12.8 Å². The van der Waals surface area contributed by atoms with Gasteiger partial charge in [-0.15, -0.1) is 24.8 Å². The van der Waals surface area contributed by atoms with Crippen molar-refractivity contribution in [3.63, 3.8) is 0 Å². The van der Waals surface area contributed by atoms with Gasteiger partial charge in [0.2, 0.25) is 5.91 Å². The van der Waals surface area contributed by atoms with Crippen LogP contribution in [0.1, 0.15) is 18.0 Å². The minimum absolute atomic E-state index is 0. The molecule has 0 aromatic heterocycles. The number of rotatable bonds is 5. The molecule has 2 atom stereocenters. The lowest BCUT2D eigenvalue weighted by Gasteiger charge is -2.22. The molecule has 0 radical (unpaired) electrons. The zero-order chi connectivity index (χ0) is 17.8. The zero-order valence-corrected chi connectivity index (χ0v) is 17.3. The lowest BCUT2D eigenvalue weighted by molar-refractivity contribution is -0.123. The lowest BCUT2D eigenvalue weighted by Crippen LogP contribution is -2.42. The molecule has 1 heterocycles. The van der Waals surface area contributed by atoms with E-state index in [4.69, 9.17) is 22.1 Å². The van der Waals surface area contributed by atoms with E-state index in [1.54, 1.807) is 13.2 Å². The van der Waals surface area contributed by atoms with E-state index in [0.29, 0.717) is 11.6 Å². The molecule has 1 saturated heterocycles. The summed E-state index contributed by atoms with van der Waals surface area (Å²) in [4.78, 5) is 14.6. The van der Waals surface area contributed by atoms with E-state index in [0.717, 1.165) is 30.0 Å². The first-order valence-electron chi connectivity index (χ1n) is 8.28. The Morgan fingerprint density at radius 3 is 2.63 bits per heavy atom. The highest BCUT2D eigenvalue weighted by atomic mass is 35.5. The second-order valence-electron chi connectivity index (χ2n) is 6.14. The Labute approximate surface area is 177 Å². The zero-order valence-electron chi connectivity index (χ0n) is 14.9. The van der Waals surface area contributed by atoms with Gasteiger partial charge in [-0.1, -0.05) is 41.9 Å². The molecule has 0 aliphatic carbocycles. The fourth-order valence-corrected chi connectivity index (χ4v) is 3.28. The smallest absolute Gasteiger partial charge is 0.241 e. The minimum atomic E-state index is -0.657. The molecule has 3 N–H and O–H groups in total. The van der Waals surface area contributed by atoms with Crippen LogP contribution in [0.2, 0.25) is 5.02 Å². The van der Waals surface area contributed by atoms with Crippen molar-refractivity contribution in [2.45, 2.75) is 18.5 Å². The fraction of sp³-hybridized carbons (Fsp3) is 0.316. The molecule has 2 aromatic rings. The summed E-state index contributed by atoms with van der Waals surface area (Å²) in [6.07, 6.45) is 0.850.